The lowest BCUT2D eigenvalue weighted by Gasteiger charge is -2.07. The molecule has 8 heteroatoms. The van der Waals surface area contributed by atoms with Gasteiger partial charge >= 0.3 is 5.69 Å². The van der Waals surface area contributed by atoms with E-state index in [1.165, 1.54) is 18.2 Å². The van der Waals surface area contributed by atoms with Crippen molar-refractivity contribution in [3.8, 4) is 5.75 Å². The number of aromatic nitrogens is 2. The van der Waals surface area contributed by atoms with Crippen molar-refractivity contribution in [2.24, 2.45) is 0 Å². The topological polar surface area (TPSA) is 87.4 Å². The fraction of sp³-hybridized carbons (Fsp3) is 0.200. The molecule has 0 saturated heterocycles. The molecule has 7 nitrogen and oxygen atoms in total. The van der Waals surface area contributed by atoms with Gasteiger partial charge in [0.25, 0.3) is 15.9 Å². The van der Waals surface area contributed by atoms with Gasteiger partial charge in [-0.25, -0.2) is 17.8 Å². The van der Waals surface area contributed by atoms with Crippen LogP contribution in [0.15, 0.2) is 82.5 Å². The van der Waals surface area contributed by atoms with Gasteiger partial charge in [0.05, 0.1) is 22.5 Å². The number of imidazole rings is 1. The Bertz CT molecular complexity index is 1480. The third kappa shape index (κ3) is 4.21. The van der Waals surface area contributed by atoms with E-state index in [4.69, 9.17) is 4.74 Å². The lowest BCUT2D eigenvalue weighted by atomic mass is 10.2. The molecule has 3 aromatic carbocycles. The smallest absolute Gasteiger partial charge is 0.350 e. The van der Waals surface area contributed by atoms with Crippen LogP contribution in [0.5, 0.6) is 5.75 Å². The van der Waals surface area contributed by atoms with Crippen LogP contribution in [0.25, 0.3) is 11.0 Å². The molecule has 0 fully saturated rings. The molecular formula is C25H24N2O5S. The number of carbonyl (C=O) groups is 1. The van der Waals surface area contributed by atoms with E-state index in [1.54, 1.807) is 61.5 Å². The maximum absolute atomic E-state index is 13.4. The van der Waals surface area contributed by atoms with Gasteiger partial charge in [-0.1, -0.05) is 37.6 Å². The molecule has 33 heavy (non-hydrogen) atoms. The van der Waals surface area contributed by atoms with E-state index in [2.05, 4.69) is 6.92 Å². The Balaban J connectivity index is 1.81. The SMILES string of the molecule is CCCCOc1ccc(C(=O)n2c(=O)n(S(=O)(=O)c3cccc(C)c3)c3ccccc32)cc1. The summed E-state index contributed by atoms with van der Waals surface area (Å²) in [5.74, 6) is 0.00583. The molecule has 0 radical (unpaired) electrons. The highest BCUT2D eigenvalue weighted by Gasteiger charge is 2.28. The summed E-state index contributed by atoms with van der Waals surface area (Å²) in [4.78, 5) is 26.6. The molecule has 4 aromatic rings. The zero-order valence-electron chi connectivity index (χ0n) is 18.4. The molecule has 4 rings (SSSR count). The summed E-state index contributed by atoms with van der Waals surface area (Å²) in [6, 6.07) is 19.1. The maximum atomic E-state index is 13.4. The van der Waals surface area contributed by atoms with Crippen LogP contribution in [0.1, 0.15) is 35.7 Å². The number of rotatable bonds is 7. The summed E-state index contributed by atoms with van der Waals surface area (Å²) in [7, 11) is -4.22. The van der Waals surface area contributed by atoms with Crippen molar-refractivity contribution in [3.63, 3.8) is 0 Å². The van der Waals surface area contributed by atoms with Crippen molar-refractivity contribution >= 4 is 27.0 Å². The van der Waals surface area contributed by atoms with Crippen molar-refractivity contribution in [2.45, 2.75) is 31.6 Å². The van der Waals surface area contributed by atoms with Crippen LogP contribution < -0.4 is 10.4 Å². The number of hydrogen-bond acceptors (Lipinski definition) is 5. The number of aryl methyl sites for hydroxylation is 1. The Morgan fingerprint density at radius 2 is 1.64 bits per heavy atom. The first-order chi connectivity index (χ1) is 15.8. The fourth-order valence-corrected chi connectivity index (χ4v) is 5.09. The van der Waals surface area contributed by atoms with Crippen LogP contribution in [-0.2, 0) is 10.0 Å². The van der Waals surface area contributed by atoms with E-state index in [0.717, 1.165) is 23.0 Å². The van der Waals surface area contributed by atoms with Gasteiger partial charge in [0.2, 0.25) is 0 Å². The molecule has 0 unspecified atom stereocenters. The normalized spacial score (nSPS) is 11.6. The minimum atomic E-state index is -4.22. The fourth-order valence-electron chi connectivity index (χ4n) is 3.59. The summed E-state index contributed by atoms with van der Waals surface area (Å²) in [5.41, 5.74) is 0.399. The van der Waals surface area contributed by atoms with Gasteiger partial charge in [-0.2, -0.15) is 3.97 Å². The zero-order chi connectivity index (χ0) is 23.6. The first-order valence-corrected chi connectivity index (χ1v) is 12.1. The number of fused-ring (bicyclic) bond motifs is 1. The minimum Gasteiger partial charge on any atom is -0.494 e. The van der Waals surface area contributed by atoms with Crippen LogP contribution in [0.4, 0.5) is 0 Å². The number of ether oxygens (including phenoxy) is 1. The standard InChI is InChI=1S/C25H24N2O5S/c1-3-4-16-32-20-14-12-19(13-15-20)24(28)26-22-10-5-6-11-23(22)27(25(26)29)33(30,31)21-9-7-8-18(2)17-21/h5-15,17H,3-4,16H2,1-2H3. The molecule has 0 spiro atoms. The first kappa shape index (κ1) is 22.5. The highest BCUT2D eigenvalue weighted by atomic mass is 32.2. The molecule has 0 N–H and O–H groups in total. The Kier molecular flexibility index (Phi) is 6.20. The highest BCUT2D eigenvalue weighted by molar-refractivity contribution is 7.90. The van der Waals surface area contributed by atoms with E-state index in [1.807, 2.05) is 0 Å². The Labute approximate surface area is 191 Å². The molecule has 0 aliphatic carbocycles. The van der Waals surface area contributed by atoms with E-state index in [0.29, 0.717) is 16.3 Å². The van der Waals surface area contributed by atoms with Crippen molar-refractivity contribution in [1.29, 1.82) is 0 Å². The summed E-state index contributed by atoms with van der Waals surface area (Å²) in [5, 5.41) is 0. The van der Waals surface area contributed by atoms with Crippen molar-refractivity contribution in [1.82, 2.24) is 8.54 Å². The largest absolute Gasteiger partial charge is 0.494 e. The molecule has 0 saturated carbocycles. The van der Waals surface area contributed by atoms with Crippen LogP contribution >= 0.6 is 0 Å². The predicted octanol–water partition coefficient (Wildman–Crippen LogP) is 4.22. The van der Waals surface area contributed by atoms with Gasteiger partial charge in [-0.3, -0.25) is 4.79 Å². The van der Waals surface area contributed by atoms with Gasteiger partial charge in [0.15, 0.2) is 0 Å². The van der Waals surface area contributed by atoms with Gasteiger partial charge in [-0.05, 0) is 67.4 Å². The molecule has 1 heterocycles. The van der Waals surface area contributed by atoms with Gasteiger partial charge in [0.1, 0.15) is 5.75 Å². The second-order valence-electron chi connectivity index (χ2n) is 7.72. The molecule has 0 amide bonds. The number of nitrogens with zero attached hydrogens (tertiary/aromatic N) is 2. The average molecular weight is 465 g/mol. The number of hydrogen-bond donors (Lipinski definition) is 0. The highest BCUT2D eigenvalue weighted by Crippen LogP contribution is 2.22. The van der Waals surface area contributed by atoms with Crippen molar-refractivity contribution in [3.05, 3.63) is 94.4 Å². The lowest BCUT2D eigenvalue weighted by Crippen LogP contribution is -2.33. The Morgan fingerprint density at radius 1 is 0.939 bits per heavy atom. The van der Waals surface area contributed by atoms with E-state index in [9.17, 15) is 18.0 Å². The van der Waals surface area contributed by atoms with Gasteiger partial charge < -0.3 is 4.74 Å². The zero-order valence-corrected chi connectivity index (χ0v) is 19.2. The first-order valence-electron chi connectivity index (χ1n) is 10.7. The predicted molar refractivity (Wildman–Crippen MR) is 127 cm³/mol. The van der Waals surface area contributed by atoms with Gasteiger partial charge in [-0.15, -0.1) is 0 Å². The molecular weight excluding hydrogens is 440 g/mol. The van der Waals surface area contributed by atoms with Crippen LogP contribution in [0.3, 0.4) is 0 Å². The molecule has 0 aliphatic rings. The summed E-state index contributed by atoms with van der Waals surface area (Å²) in [6.45, 7) is 4.41. The van der Waals surface area contributed by atoms with E-state index in [-0.39, 0.29) is 21.5 Å². The molecule has 170 valence electrons. The van der Waals surface area contributed by atoms with Crippen molar-refractivity contribution in [2.75, 3.05) is 6.61 Å². The third-order valence-corrected chi connectivity index (χ3v) is 6.99. The molecule has 0 bridgehead atoms. The maximum Gasteiger partial charge on any atom is 0.350 e. The van der Waals surface area contributed by atoms with Gasteiger partial charge in [0, 0.05) is 5.56 Å². The molecule has 0 aliphatic heterocycles. The minimum absolute atomic E-state index is 0.0199. The Morgan fingerprint density at radius 3 is 2.30 bits per heavy atom. The number of para-hydroxylation sites is 2. The number of carbonyl (C=O) groups excluding carboxylic acids is 1. The van der Waals surface area contributed by atoms with Crippen molar-refractivity contribution < 1.29 is 17.9 Å². The van der Waals surface area contributed by atoms with Crippen LogP contribution in [-0.4, -0.2) is 29.5 Å². The number of unbranched alkanes of at least 4 members (excludes halogenated alkanes) is 1. The second-order valence-corrected chi connectivity index (χ2v) is 9.51. The monoisotopic (exact) mass is 464 g/mol. The number of benzene rings is 3. The van der Waals surface area contributed by atoms with Crippen LogP contribution in [0.2, 0.25) is 0 Å². The van der Waals surface area contributed by atoms with E-state index >= 15 is 0 Å². The molecule has 0 atom stereocenters. The summed E-state index contributed by atoms with van der Waals surface area (Å²) in [6.07, 6.45) is 1.93. The average Bonchev–Trinajstić information content (AvgIpc) is 3.11. The lowest BCUT2D eigenvalue weighted by molar-refractivity contribution is 0.0960. The van der Waals surface area contributed by atoms with E-state index < -0.39 is 21.6 Å². The van der Waals surface area contributed by atoms with Crippen LogP contribution in [0, 0.1) is 6.92 Å². The summed E-state index contributed by atoms with van der Waals surface area (Å²) >= 11 is 0. The second kappa shape index (κ2) is 9.07. The Hall–Kier alpha value is -3.65. The molecule has 1 aromatic heterocycles. The quantitative estimate of drug-likeness (QED) is 0.382. The third-order valence-electron chi connectivity index (χ3n) is 5.31. The summed E-state index contributed by atoms with van der Waals surface area (Å²) < 4.78 is 34.0.